The molecule has 5 heteroatoms. The number of aliphatic hydroxyl groups is 1. The van der Waals surface area contributed by atoms with Crippen LogP contribution in [0.15, 0.2) is 0 Å². The number of hydrogen-bond donors (Lipinski definition) is 1. The van der Waals surface area contributed by atoms with Gasteiger partial charge in [-0.25, -0.2) is 0 Å². The Balaban J connectivity index is 2.94. The summed E-state index contributed by atoms with van der Waals surface area (Å²) in [6, 6.07) is 1.03. The Morgan fingerprint density at radius 3 is 2.24 bits per heavy atom. The Bertz CT molecular complexity index is 366. The Labute approximate surface area is 157 Å². The zero-order chi connectivity index (χ0) is 19.1. The number of nitrogens with zero attached hydrogens (tertiary/aromatic N) is 4. The number of likely N-dealkylation sites (N-methyl/N-ethyl adjacent to an activating group) is 3. The molecule has 5 nitrogen and oxygen atoms in total. The number of aliphatic hydroxyl groups excluding tert-OH is 1. The van der Waals surface area contributed by atoms with Crippen molar-refractivity contribution in [2.45, 2.75) is 58.3 Å². The third kappa shape index (κ3) is 6.17. The van der Waals surface area contributed by atoms with Crippen molar-refractivity contribution in [1.29, 1.82) is 0 Å². The standard InChI is InChI=1S/C20H44N4O/c1-9-11-19(23(7)10-2)20(21(4)5)24(8)16(3)18-12-17(15-25)13-22(6)14-18/h16-20,25H,9-15H2,1-8H3. The molecule has 1 aliphatic heterocycles. The van der Waals surface area contributed by atoms with E-state index in [-0.39, 0.29) is 0 Å². The Morgan fingerprint density at radius 1 is 1.12 bits per heavy atom. The molecule has 0 saturated carbocycles. The van der Waals surface area contributed by atoms with Crippen LogP contribution in [0, 0.1) is 11.8 Å². The quantitative estimate of drug-likeness (QED) is 0.604. The second-order valence-electron chi connectivity index (χ2n) is 8.48. The van der Waals surface area contributed by atoms with E-state index in [4.69, 9.17) is 0 Å². The van der Waals surface area contributed by atoms with E-state index >= 15 is 0 Å². The molecule has 0 radical (unpaired) electrons. The number of rotatable bonds is 10. The van der Waals surface area contributed by atoms with Crippen LogP contribution < -0.4 is 0 Å². The van der Waals surface area contributed by atoms with E-state index in [0.717, 1.165) is 26.1 Å². The van der Waals surface area contributed by atoms with Crippen molar-refractivity contribution in [3.05, 3.63) is 0 Å². The van der Waals surface area contributed by atoms with Gasteiger partial charge >= 0.3 is 0 Å². The van der Waals surface area contributed by atoms with E-state index in [0.29, 0.717) is 36.7 Å². The van der Waals surface area contributed by atoms with Gasteiger partial charge in [0, 0.05) is 31.8 Å². The topological polar surface area (TPSA) is 33.2 Å². The summed E-state index contributed by atoms with van der Waals surface area (Å²) in [6.45, 7) is 10.5. The highest BCUT2D eigenvalue weighted by atomic mass is 16.3. The molecular formula is C20H44N4O. The average molecular weight is 357 g/mol. The number of piperidine rings is 1. The molecule has 1 heterocycles. The predicted molar refractivity (Wildman–Crippen MR) is 108 cm³/mol. The summed E-state index contributed by atoms with van der Waals surface area (Å²) >= 11 is 0. The zero-order valence-corrected chi connectivity index (χ0v) is 18.1. The first kappa shape index (κ1) is 22.8. The molecule has 1 aliphatic rings. The number of likely N-dealkylation sites (tertiary alicyclic amines) is 1. The van der Waals surface area contributed by atoms with Crippen LogP contribution in [0.5, 0.6) is 0 Å². The molecule has 5 unspecified atom stereocenters. The smallest absolute Gasteiger partial charge is 0.0777 e. The molecule has 0 spiro atoms. The molecule has 0 amide bonds. The van der Waals surface area contributed by atoms with Crippen LogP contribution in [0.1, 0.15) is 40.0 Å². The second-order valence-corrected chi connectivity index (χ2v) is 8.48. The van der Waals surface area contributed by atoms with Gasteiger partial charge in [-0.1, -0.05) is 20.3 Å². The van der Waals surface area contributed by atoms with Crippen molar-refractivity contribution < 1.29 is 5.11 Å². The molecule has 0 aromatic rings. The summed E-state index contributed by atoms with van der Waals surface area (Å²) in [5.74, 6) is 1.03. The van der Waals surface area contributed by atoms with Gasteiger partial charge in [-0.3, -0.25) is 9.80 Å². The summed E-state index contributed by atoms with van der Waals surface area (Å²) in [7, 11) is 11.2. The average Bonchev–Trinajstić information content (AvgIpc) is 2.58. The molecule has 0 aliphatic carbocycles. The lowest BCUT2D eigenvalue weighted by Gasteiger charge is -2.48. The zero-order valence-electron chi connectivity index (χ0n) is 18.1. The minimum Gasteiger partial charge on any atom is -0.396 e. The number of hydrogen-bond acceptors (Lipinski definition) is 5. The fourth-order valence-corrected chi connectivity index (χ4v) is 4.66. The van der Waals surface area contributed by atoms with Crippen LogP contribution in [0.3, 0.4) is 0 Å². The van der Waals surface area contributed by atoms with Gasteiger partial charge in [-0.15, -0.1) is 0 Å². The molecule has 0 aromatic heterocycles. The summed E-state index contributed by atoms with van der Waals surface area (Å²) < 4.78 is 0. The lowest BCUT2D eigenvalue weighted by molar-refractivity contribution is -0.0296. The van der Waals surface area contributed by atoms with Gasteiger partial charge in [0.05, 0.1) is 6.17 Å². The first-order valence-corrected chi connectivity index (χ1v) is 10.1. The lowest BCUT2D eigenvalue weighted by atomic mass is 9.84. The van der Waals surface area contributed by atoms with E-state index in [1.807, 2.05) is 0 Å². The second kappa shape index (κ2) is 10.8. The van der Waals surface area contributed by atoms with Crippen LogP contribution in [-0.2, 0) is 0 Å². The minimum absolute atomic E-state index is 0.311. The highest BCUT2D eigenvalue weighted by molar-refractivity contribution is 4.89. The Hall–Kier alpha value is -0.200. The van der Waals surface area contributed by atoms with Crippen LogP contribution in [0.2, 0.25) is 0 Å². The molecule has 1 saturated heterocycles. The van der Waals surface area contributed by atoms with E-state index in [9.17, 15) is 5.11 Å². The molecule has 5 atom stereocenters. The lowest BCUT2D eigenvalue weighted by Crippen LogP contribution is -2.60. The van der Waals surface area contributed by atoms with Crippen molar-refractivity contribution in [2.75, 3.05) is 61.5 Å². The highest BCUT2D eigenvalue weighted by Crippen LogP contribution is 2.28. The van der Waals surface area contributed by atoms with E-state index in [1.165, 1.54) is 12.8 Å². The fourth-order valence-electron chi connectivity index (χ4n) is 4.66. The van der Waals surface area contributed by atoms with Crippen LogP contribution >= 0.6 is 0 Å². The predicted octanol–water partition coefficient (Wildman–Crippen LogP) is 1.88. The van der Waals surface area contributed by atoms with Gasteiger partial charge in [0.25, 0.3) is 0 Å². The van der Waals surface area contributed by atoms with Crippen LogP contribution in [-0.4, -0.2) is 104 Å². The van der Waals surface area contributed by atoms with E-state index in [1.54, 1.807) is 0 Å². The SMILES string of the molecule is CCCC(C(N(C)C)N(C)C(C)C1CC(CO)CN(C)C1)N(C)CC. The van der Waals surface area contributed by atoms with Crippen LogP contribution in [0.25, 0.3) is 0 Å². The maximum Gasteiger partial charge on any atom is 0.0777 e. The summed E-state index contributed by atoms with van der Waals surface area (Å²) in [5.41, 5.74) is 0. The largest absolute Gasteiger partial charge is 0.396 e. The molecular weight excluding hydrogens is 312 g/mol. The van der Waals surface area contributed by atoms with Gasteiger partial charge in [0.2, 0.25) is 0 Å². The maximum atomic E-state index is 9.65. The van der Waals surface area contributed by atoms with Crippen molar-refractivity contribution >= 4 is 0 Å². The van der Waals surface area contributed by atoms with Gasteiger partial charge in [0.1, 0.15) is 0 Å². The molecule has 0 aromatic carbocycles. The van der Waals surface area contributed by atoms with Crippen LogP contribution in [0.4, 0.5) is 0 Å². The molecule has 1 N–H and O–H groups in total. The monoisotopic (exact) mass is 356 g/mol. The van der Waals surface area contributed by atoms with Gasteiger partial charge in [0.15, 0.2) is 0 Å². The first-order valence-electron chi connectivity index (χ1n) is 10.1. The van der Waals surface area contributed by atoms with Crippen molar-refractivity contribution in [3.63, 3.8) is 0 Å². The normalized spacial score (nSPS) is 26.4. The fraction of sp³-hybridized carbons (Fsp3) is 1.00. The summed E-state index contributed by atoms with van der Waals surface area (Å²) in [6.07, 6.45) is 3.96. The minimum atomic E-state index is 0.311. The maximum absolute atomic E-state index is 9.65. The third-order valence-electron chi connectivity index (χ3n) is 6.27. The molecule has 0 bridgehead atoms. The van der Waals surface area contributed by atoms with Crippen molar-refractivity contribution in [1.82, 2.24) is 19.6 Å². The molecule has 1 rings (SSSR count). The highest BCUT2D eigenvalue weighted by Gasteiger charge is 2.36. The van der Waals surface area contributed by atoms with Gasteiger partial charge < -0.3 is 14.9 Å². The Kier molecular flexibility index (Phi) is 9.89. The van der Waals surface area contributed by atoms with Gasteiger partial charge in [-0.2, -0.15) is 0 Å². The first-order chi connectivity index (χ1) is 11.8. The molecule has 150 valence electrons. The summed E-state index contributed by atoms with van der Waals surface area (Å²) in [5, 5.41) is 9.65. The summed E-state index contributed by atoms with van der Waals surface area (Å²) in [4.78, 5) is 9.87. The van der Waals surface area contributed by atoms with E-state index in [2.05, 4.69) is 75.6 Å². The van der Waals surface area contributed by atoms with Crippen molar-refractivity contribution in [2.24, 2.45) is 11.8 Å². The van der Waals surface area contributed by atoms with Crippen molar-refractivity contribution in [3.8, 4) is 0 Å². The third-order valence-corrected chi connectivity index (χ3v) is 6.27. The molecule has 25 heavy (non-hydrogen) atoms. The Morgan fingerprint density at radius 2 is 1.76 bits per heavy atom. The van der Waals surface area contributed by atoms with E-state index < -0.39 is 0 Å². The van der Waals surface area contributed by atoms with Gasteiger partial charge in [-0.05, 0) is 73.4 Å². The molecule has 1 fully saturated rings.